The summed E-state index contributed by atoms with van der Waals surface area (Å²) in [5.41, 5.74) is 1.17. The molecular formula is C19H26AtN3O7. The molecule has 0 aromatic heterocycles. The van der Waals surface area contributed by atoms with Crippen LogP contribution >= 0.6 is 0 Å². The molecule has 0 saturated heterocycles. The van der Waals surface area contributed by atoms with E-state index in [0.717, 1.165) is 0 Å². The van der Waals surface area contributed by atoms with Crippen LogP contribution in [-0.2, 0) is 20.9 Å². The molecule has 1 rings (SSSR count). The molecule has 0 aliphatic heterocycles. The first-order valence-electron chi connectivity index (χ1n) is 9.38. The van der Waals surface area contributed by atoms with E-state index >= 15 is 0 Å². The van der Waals surface area contributed by atoms with Crippen LogP contribution in [-0.4, -0.2) is 57.9 Å². The van der Waals surface area contributed by atoms with Crippen LogP contribution in [0.2, 0.25) is 0 Å². The summed E-state index contributed by atoms with van der Waals surface area (Å²) in [5, 5.41) is 34.6. The zero-order chi connectivity index (χ0) is 22.5. The minimum Gasteiger partial charge on any atom is -0.480 e. The van der Waals surface area contributed by atoms with Crippen molar-refractivity contribution in [1.29, 1.82) is 0 Å². The molecule has 2 amide bonds. The average Bonchev–Trinajstić information content (AvgIpc) is 2.66. The van der Waals surface area contributed by atoms with Crippen LogP contribution in [0.15, 0.2) is 24.3 Å². The van der Waals surface area contributed by atoms with E-state index in [4.69, 9.17) is 10.2 Å². The summed E-state index contributed by atoms with van der Waals surface area (Å²) in [6.07, 6.45) is 0.699. The van der Waals surface area contributed by atoms with Gasteiger partial charge in [0.15, 0.2) is 0 Å². The number of carboxylic acids is 3. The van der Waals surface area contributed by atoms with Gasteiger partial charge in [-0.3, -0.25) is 4.79 Å². The smallest absolute Gasteiger partial charge is 0.480 e. The van der Waals surface area contributed by atoms with E-state index in [1.165, 1.54) is 8.83 Å². The quantitative estimate of drug-likeness (QED) is 0.161. The Morgan fingerprint density at radius 2 is 1.57 bits per heavy atom. The van der Waals surface area contributed by atoms with Crippen LogP contribution in [0.4, 0.5) is 4.79 Å². The molecule has 0 aliphatic carbocycles. The van der Waals surface area contributed by atoms with E-state index in [9.17, 15) is 24.3 Å². The fraction of sp³-hybridized carbons (Fsp3) is 0.474. The molecular weight excluding hydrogens is 592 g/mol. The van der Waals surface area contributed by atoms with Crippen LogP contribution in [0.25, 0.3) is 0 Å². The number of urea groups is 1. The second-order valence-corrected chi connectivity index (χ2v) is 8.33. The minimum atomic E-state index is -1.41. The second kappa shape index (κ2) is 13.9. The average molecular weight is 618 g/mol. The molecule has 1 aromatic rings. The van der Waals surface area contributed by atoms with Crippen molar-refractivity contribution in [2.45, 2.75) is 50.7 Å². The number of aliphatic carboxylic acids is 3. The van der Waals surface area contributed by atoms with Gasteiger partial charge in [0.1, 0.15) is 6.04 Å². The fourth-order valence-corrected chi connectivity index (χ4v) is 3.45. The maximum absolute atomic E-state index is 11.9. The Labute approximate surface area is 189 Å². The molecule has 2 atom stereocenters. The van der Waals surface area contributed by atoms with Gasteiger partial charge < -0.3 is 15.5 Å². The number of benzene rings is 1. The second-order valence-electron chi connectivity index (χ2n) is 6.63. The summed E-state index contributed by atoms with van der Waals surface area (Å²) < 4.78 is 1.23. The van der Waals surface area contributed by atoms with Crippen LogP contribution < -0.4 is 19.2 Å². The molecule has 0 radical (unpaired) electrons. The van der Waals surface area contributed by atoms with Crippen LogP contribution in [0.1, 0.15) is 37.7 Å². The predicted octanol–water partition coefficient (Wildman–Crippen LogP) is 0.192. The molecule has 0 bridgehead atoms. The number of nitrogens with one attached hydrogen (secondary N) is 3. The molecule has 0 heterocycles. The summed E-state index contributed by atoms with van der Waals surface area (Å²) in [7, 11) is 0. The molecule has 166 valence electrons. The van der Waals surface area contributed by atoms with Gasteiger partial charge in [0, 0.05) is 6.42 Å². The van der Waals surface area contributed by atoms with Gasteiger partial charge in [-0.2, -0.15) is 0 Å². The molecule has 6 N–H and O–H groups in total. The number of amides is 2. The van der Waals surface area contributed by atoms with Crippen molar-refractivity contribution in [3.05, 3.63) is 29.8 Å². The van der Waals surface area contributed by atoms with E-state index < -0.39 is 42.4 Å². The zero-order valence-corrected chi connectivity index (χ0v) is 19.2. The first kappa shape index (κ1) is 25.8. The molecule has 1 aromatic carbocycles. The number of rotatable bonds is 14. The van der Waals surface area contributed by atoms with E-state index in [2.05, 4.69) is 22.0 Å². The van der Waals surface area contributed by atoms with Gasteiger partial charge in [-0.15, -0.1) is 0 Å². The monoisotopic (exact) mass is 618 g/mol. The number of unbranched alkanes of at least 4 members (excludes halogenated alkanes) is 1. The third kappa shape index (κ3) is 11.1. The number of carbonyl (C=O) groups is 4. The Morgan fingerprint density at radius 1 is 0.933 bits per heavy atom. The third-order valence-electron chi connectivity index (χ3n) is 4.17. The van der Waals surface area contributed by atoms with Gasteiger partial charge in [-0.1, -0.05) is 0 Å². The van der Waals surface area contributed by atoms with Crippen LogP contribution in [0, 0.1) is 24.7 Å². The van der Waals surface area contributed by atoms with Crippen molar-refractivity contribution in [3.63, 3.8) is 0 Å². The SMILES string of the molecule is O=C(O)CC[C@H](NC(=O)N[C@@H](CCCCNCc1cccc([At])c1)C(=O)O)C(=O)O. The van der Waals surface area contributed by atoms with Crippen LogP contribution in [0.5, 0.6) is 0 Å². The van der Waals surface area contributed by atoms with Crippen molar-refractivity contribution >= 4 is 27.2 Å². The Balaban J connectivity index is 2.35. The number of carbonyl (C=O) groups excluding carboxylic acids is 1. The molecule has 10 nitrogen and oxygen atoms in total. The predicted molar refractivity (Wildman–Crippen MR) is 103 cm³/mol. The van der Waals surface area contributed by atoms with Gasteiger partial charge >= 0.3 is 141 Å². The Bertz CT molecular complexity index is 745. The number of hydrogen-bond donors (Lipinski definition) is 6. The van der Waals surface area contributed by atoms with E-state index in [-0.39, 0.29) is 12.8 Å². The van der Waals surface area contributed by atoms with Gasteiger partial charge in [0.2, 0.25) is 0 Å². The van der Waals surface area contributed by atoms with Crippen molar-refractivity contribution in [1.82, 2.24) is 16.0 Å². The van der Waals surface area contributed by atoms with Gasteiger partial charge in [0.05, 0.1) is 0 Å². The minimum absolute atomic E-state index is 0.185. The van der Waals surface area contributed by atoms with E-state index in [1.807, 2.05) is 18.2 Å². The Morgan fingerprint density at radius 3 is 2.13 bits per heavy atom. The van der Waals surface area contributed by atoms with Crippen molar-refractivity contribution in [2.24, 2.45) is 0 Å². The molecule has 0 aliphatic rings. The van der Waals surface area contributed by atoms with E-state index in [1.54, 1.807) is 24.7 Å². The molecule has 0 spiro atoms. The third-order valence-corrected chi connectivity index (χ3v) is 5.08. The molecule has 0 unspecified atom stereocenters. The Hall–Kier alpha value is -2.26. The zero-order valence-electron chi connectivity index (χ0n) is 16.3. The topological polar surface area (TPSA) is 165 Å². The molecule has 0 fully saturated rings. The molecule has 30 heavy (non-hydrogen) atoms. The van der Waals surface area contributed by atoms with Gasteiger partial charge in [0.25, 0.3) is 0 Å². The summed E-state index contributed by atoms with van der Waals surface area (Å²) >= 11 is 1.61. The first-order chi connectivity index (χ1) is 14.2. The number of carboxylic acid groups (broad SMARTS) is 3. The van der Waals surface area contributed by atoms with Crippen molar-refractivity contribution < 1.29 is 59.2 Å². The normalized spacial score (nSPS) is 12.6. The number of hydrogen-bond acceptors (Lipinski definition) is 5. The summed E-state index contributed by atoms with van der Waals surface area (Å²) in [4.78, 5) is 45.0. The van der Waals surface area contributed by atoms with Crippen LogP contribution in [0.3, 0.4) is 0 Å². The molecule has 11 heteroatoms. The summed E-state index contributed by atoms with van der Waals surface area (Å²) in [5.74, 6) is -3.81. The van der Waals surface area contributed by atoms with Gasteiger partial charge in [-0.25, -0.2) is 9.59 Å². The fourth-order valence-electron chi connectivity index (χ4n) is 2.62. The maximum atomic E-state index is 11.9. The summed E-state index contributed by atoms with van der Waals surface area (Å²) in [6, 6.07) is 4.63. The van der Waals surface area contributed by atoms with E-state index in [0.29, 0.717) is 25.9 Å². The summed E-state index contributed by atoms with van der Waals surface area (Å²) in [6.45, 7) is 1.40. The Kier molecular flexibility index (Phi) is 11.9. The van der Waals surface area contributed by atoms with Crippen molar-refractivity contribution in [3.8, 4) is 0 Å². The standard InChI is InChI=1S/C19H26AtN3O7/c20-13-5-3-4-12(10-13)11-21-9-2-1-6-14(17(26)27)22-19(30)23-15(18(28)29)7-8-16(24)25/h3-5,10,14-15,21H,1-2,6-9,11H2,(H,24,25)(H,26,27)(H,28,29)(H2,22,23,30)/t14-,15-/m0/s1. The van der Waals surface area contributed by atoms with Crippen molar-refractivity contribution in [2.75, 3.05) is 6.54 Å². The molecule has 0 saturated carbocycles. The van der Waals surface area contributed by atoms with Gasteiger partial charge in [-0.05, 0) is 6.42 Å². The first-order valence-corrected chi connectivity index (χ1v) is 10.9.